The van der Waals surface area contributed by atoms with Crippen molar-refractivity contribution in [2.45, 2.75) is 70.2 Å². The minimum atomic E-state index is -1.68. The topological polar surface area (TPSA) is 172 Å². The second-order valence-electron chi connectivity index (χ2n) is 11.9. The zero-order valence-electron chi connectivity index (χ0n) is 25.9. The average Bonchev–Trinajstić information content (AvgIpc) is 3.57. The van der Waals surface area contributed by atoms with Gasteiger partial charge in [-0.2, -0.15) is 0 Å². The Hall–Kier alpha value is -4.68. The first kappa shape index (κ1) is 32.3. The first-order valence-corrected chi connectivity index (χ1v) is 15.5. The number of carbonyl (C=O) groups excluding carboxylic acids is 3. The van der Waals surface area contributed by atoms with E-state index in [0.717, 1.165) is 11.1 Å². The smallest absolute Gasteiger partial charge is 0.308 e. The Morgan fingerprint density at radius 1 is 0.936 bits per heavy atom. The van der Waals surface area contributed by atoms with Crippen molar-refractivity contribution in [3.05, 3.63) is 99.1 Å². The summed E-state index contributed by atoms with van der Waals surface area (Å²) in [5.74, 6) is -2.13. The number of aryl methyl sites for hydroxylation is 1. The summed E-state index contributed by atoms with van der Waals surface area (Å²) >= 11 is 0. The number of aromatic hydroxyl groups is 1. The molecule has 1 saturated heterocycles. The van der Waals surface area contributed by atoms with Gasteiger partial charge in [-0.15, -0.1) is 0 Å². The zero-order chi connectivity index (χ0) is 33.4. The van der Waals surface area contributed by atoms with Crippen molar-refractivity contribution < 1.29 is 49.0 Å². The summed E-state index contributed by atoms with van der Waals surface area (Å²) in [5, 5.41) is 43.6. The molecule has 1 aliphatic carbocycles. The quantitative estimate of drug-likeness (QED) is 0.157. The van der Waals surface area contributed by atoms with E-state index in [1.165, 1.54) is 32.0 Å². The van der Waals surface area contributed by atoms with Crippen LogP contribution in [-0.4, -0.2) is 81.4 Å². The van der Waals surface area contributed by atoms with Crippen LogP contribution in [0, 0.1) is 0 Å². The number of ether oxygens (including phenoxy) is 3. The molecule has 2 aliphatic heterocycles. The number of nitrogens with zero attached hydrogens (tertiary/aromatic N) is 1. The summed E-state index contributed by atoms with van der Waals surface area (Å²) in [4.78, 5) is 44.3. The standard InChI is InChI=1S/C36H35NO10/c1-18-29(39)33(43)34(44)36(45-18)47-35-24(10-6-9-20-7-4-3-5-8-20)31(41)28-27(26(35)15-21-13-14-37-17-21)32(42)25-16-22(46-19(2)38)11-12-23(25)30(28)40/h3-5,7-8,11-13,16-18,29,33-34,36,39,41,43-44H,6,9-10,14-15H2,1-2H3/t18-,29-,33-,34-,36-/m1/s1. The van der Waals surface area contributed by atoms with E-state index < -0.39 is 54.0 Å². The number of esters is 1. The fourth-order valence-electron chi connectivity index (χ4n) is 6.30. The monoisotopic (exact) mass is 641 g/mol. The number of hydrogen-bond acceptors (Lipinski definition) is 11. The van der Waals surface area contributed by atoms with Gasteiger partial charge >= 0.3 is 5.97 Å². The number of phenolic OH excluding ortho intramolecular Hbond substituents is 1. The van der Waals surface area contributed by atoms with Crippen molar-refractivity contribution in [3.63, 3.8) is 0 Å². The van der Waals surface area contributed by atoms with Crippen LogP contribution in [0.1, 0.15) is 68.8 Å². The van der Waals surface area contributed by atoms with Crippen molar-refractivity contribution in [1.29, 1.82) is 0 Å². The van der Waals surface area contributed by atoms with Gasteiger partial charge in [0.1, 0.15) is 35.6 Å². The van der Waals surface area contributed by atoms with E-state index in [1.807, 2.05) is 36.4 Å². The second-order valence-corrected chi connectivity index (χ2v) is 11.9. The molecule has 11 heteroatoms. The molecule has 0 radical (unpaired) electrons. The number of carbonyl (C=O) groups is 3. The molecule has 5 atom stereocenters. The SMILES string of the molecule is CC(=O)Oc1ccc2c(c1)C(=O)c1c(CC3=CCN=C3)c(O[C@H]3O[C@H](C)[C@@H](O)[C@@H](O)[C@H]3O)c(CCCc3ccccc3)c(O)c1C2=O. The third-order valence-electron chi connectivity index (χ3n) is 8.69. The van der Waals surface area contributed by atoms with Crippen LogP contribution < -0.4 is 9.47 Å². The highest BCUT2D eigenvalue weighted by atomic mass is 16.7. The van der Waals surface area contributed by atoms with Crippen molar-refractivity contribution in [2.24, 2.45) is 4.99 Å². The third kappa shape index (κ3) is 6.22. The highest BCUT2D eigenvalue weighted by Gasteiger charge is 2.45. The number of rotatable bonds is 9. The number of hydrogen-bond donors (Lipinski definition) is 4. The molecule has 4 N–H and O–H groups in total. The van der Waals surface area contributed by atoms with Crippen LogP contribution in [0.4, 0.5) is 0 Å². The average molecular weight is 642 g/mol. The second kappa shape index (κ2) is 13.2. The largest absolute Gasteiger partial charge is 0.507 e. The van der Waals surface area contributed by atoms with Gasteiger partial charge in [0, 0.05) is 47.4 Å². The van der Waals surface area contributed by atoms with Gasteiger partial charge in [-0.3, -0.25) is 19.4 Å². The lowest BCUT2D eigenvalue weighted by Crippen LogP contribution is -2.58. The third-order valence-corrected chi connectivity index (χ3v) is 8.69. The van der Waals surface area contributed by atoms with E-state index in [-0.39, 0.29) is 57.7 Å². The lowest BCUT2D eigenvalue weighted by Gasteiger charge is -2.39. The summed E-state index contributed by atoms with van der Waals surface area (Å²) in [6.07, 6.45) is -2.13. The predicted molar refractivity (Wildman–Crippen MR) is 169 cm³/mol. The molecule has 3 aliphatic rings. The molecule has 6 rings (SSSR count). The van der Waals surface area contributed by atoms with Gasteiger partial charge in [0.25, 0.3) is 0 Å². The molecule has 0 spiro atoms. The molecular formula is C36H35NO10. The van der Waals surface area contributed by atoms with E-state index in [1.54, 1.807) is 6.21 Å². The molecule has 3 aromatic rings. The first-order chi connectivity index (χ1) is 22.5. The van der Waals surface area contributed by atoms with Gasteiger partial charge in [0.2, 0.25) is 6.29 Å². The van der Waals surface area contributed by atoms with Crippen LogP contribution in [-0.2, 0) is 28.8 Å². The number of ketones is 2. The summed E-state index contributed by atoms with van der Waals surface area (Å²) in [5.41, 5.74) is 2.04. The van der Waals surface area contributed by atoms with Crippen LogP contribution in [0.3, 0.4) is 0 Å². The molecular weight excluding hydrogens is 606 g/mol. The van der Waals surface area contributed by atoms with Crippen molar-refractivity contribution >= 4 is 23.8 Å². The summed E-state index contributed by atoms with van der Waals surface area (Å²) < 4.78 is 17.3. The molecule has 2 heterocycles. The molecule has 0 unspecified atom stereocenters. The van der Waals surface area contributed by atoms with Crippen LogP contribution in [0.2, 0.25) is 0 Å². The normalized spacial score (nSPS) is 23.3. The van der Waals surface area contributed by atoms with Gasteiger partial charge in [0.05, 0.1) is 18.2 Å². The maximum atomic E-state index is 14.3. The zero-order valence-corrected chi connectivity index (χ0v) is 25.9. The van der Waals surface area contributed by atoms with E-state index >= 15 is 0 Å². The number of aliphatic hydroxyl groups excluding tert-OH is 3. The Kier molecular flexibility index (Phi) is 9.07. The fraction of sp³-hybridized carbons (Fsp3) is 0.333. The number of aliphatic imine (C=N–C) groups is 1. The number of benzene rings is 3. The van der Waals surface area contributed by atoms with E-state index in [9.17, 15) is 34.8 Å². The van der Waals surface area contributed by atoms with Gasteiger partial charge in [-0.05, 0) is 55.5 Å². The number of allylic oxidation sites excluding steroid dienone is 1. The predicted octanol–water partition coefficient (Wildman–Crippen LogP) is 3.03. The maximum Gasteiger partial charge on any atom is 0.308 e. The lowest BCUT2D eigenvalue weighted by atomic mass is 9.78. The van der Waals surface area contributed by atoms with Gasteiger partial charge < -0.3 is 34.6 Å². The molecule has 0 bridgehead atoms. The summed E-state index contributed by atoms with van der Waals surface area (Å²) in [6.45, 7) is 3.15. The lowest BCUT2D eigenvalue weighted by molar-refractivity contribution is -0.268. The fourth-order valence-corrected chi connectivity index (χ4v) is 6.30. The molecule has 244 valence electrons. The van der Waals surface area contributed by atoms with E-state index in [0.29, 0.717) is 19.4 Å². The minimum Gasteiger partial charge on any atom is -0.507 e. The van der Waals surface area contributed by atoms with Crippen LogP contribution in [0.25, 0.3) is 0 Å². The van der Waals surface area contributed by atoms with Crippen molar-refractivity contribution in [2.75, 3.05) is 6.54 Å². The Morgan fingerprint density at radius 2 is 1.68 bits per heavy atom. The molecule has 1 fully saturated rings. The van der Waals surface area contributed by atoms with E-state index in [4.69, 9.17) is 14.2 Å². The van der Waals surface area contributed by atoms with Gasteiger partial charge in [-0.1, -0.05) is 36.4 Å². The Morgan fingerprint density at radius 3 is 2.38 bits per heavy atom. The number of phenols is 1. The minimum absolute atomic E-state index is 0.0140. The van der Waals surface area contributed by atoms with Crippen LogP contribution in [0.5, 0.6) is 17.2 Å². The highest BCUT2D eigenvalue weighted by Crippen LogP contribution is 2.46. The Balaban J connectivity index is 1.53. The van der Waals surface area contributed by atoms with Crippen LogP contribution >= 0.6 is 0 Å². The molecule has 47 heavy (non-hydrogen) atoms. The Bertz CT molecular complexity index is 1800. The van der Waals surface area contributed by atoms with Gasteiger partial charge in [-0.25, -0.2) is 0 Å². The molecule has 11 nitrogen and oxygen atoms in total. The van der Waals surface area contributed by atoms with Gasteiger partial charge in [0.15, 0.2) is 11.6 Å². The molecule has 0 aromatic heterocycles. The number of fused-ring (bicyclic) bond motifs is 2. The Labute approximate surface area is 270 Å². The molecule has 0 amide bonds. The summed E-state index contributed by atoms with van der Waals surface area (Å²) in [6, 6.07) is 13.8. The number of aliphatic hydroxyl groups is 3. The van der Waals surface area contributed by atoms with E-state index in [2.05, 4.69) is 4.99 Å². The maximum absolute atomic E-state index is 14.3. The molecule has 0 saturated carbocycles. The summed E-state index contributed by atoms with van der Waals surface area (Å²) in [7, 11) is 0. The van der Waals surface area contributed by atoms with Crippen LogP contribution in [0.15, 0.2) is 65.2 Å². The highest BCUT2D eigenvalue weighted by molar-refractivity contribution is 6.30. The first-order valence-electron chi connectivity index (χ1n) is 15.5. The van der Waals surface area contributed by atoms with Crippen molar-refractivity contribution in [1.82, 2.24) is 0 Å². The molecule has 3 aromatic carbocycles. The van der Waals surface area contributed by atoms with Crippen molar-refractivity contribution in [3.8, 4) is 17.2 Å².